The zero-order valence-corrected chi connectivity index (χ0v) is 13.7. The number of methoxy groups -OCH3 is 1. The molecular weight excluding hydrogens is 326 g/mol. The number of nitrogens with one attached hydrogen (secondary N) is 1. The smallest absolute Gasteiger partial charge is 0.244 e. The lowest BCUT2D eigenvalue weighted by Gasteiger charge is -2.03. The summed E-state index contributed by atoms with van der Waals surface area (Å²) in [6.07, 6.45) is 1.53. The Morgan fingerprint density at radius 2 is 2.04 bits per heavy atom. The van der Waals surface area contributed by atoms with Crippen LogP contribution in [-0.2, 0) is 4.79 Å². The van der Waals surface area contributed by atoms with Crippen molar-refractivity contribution >= 4 is 29.1 Å². The van der Waals surface area contributed by atoms with E-state index in [0.717, 1.165) is 11.1 Å². The Kier molecular flexibility index (Phi) is 4.81. The highest BCUT2D eigenvalue weighted by atomic mass is 32.2. The number of carbonyl (C=O) groups excluding carboxylic acids is 1. The van der Waals surface area contributed by atoms with Crippen LogP contribution in [0.1, 0.15) is 16.4 Å². The molecule has 24 heavy (non-hydrogen) atoms. The number of amides is 1. The number of ether oxygens (including phenoxy) is 1. The van der Waals surface area contributed by atoms with Gasteiger partial charge in [0.15, 0.2) is 16.7 Å². The molecule has 1 heterocycles. The van der Waals surface area contributed by atoms with E-state index in [2.05, 4.69) is 15.5 Å². The van der Waals surface area contributed by atoms with Crippen molar-refractivity contribution in [2.45, 2.75) is 5.25 Å². The Morgan fingerprint density at radius 1 is 1.25 bits per heavy atom. The number of phenols is 1. The second-order valence-electron chi connectivity index (χ2n) is 4.98. The molecule has 0 spiro atoms. The van der Waals surface area contributed by atoms with E-state index in [1.165, 1.54) is 31.2 Å². The number of aromatic hydroxyl groups is 1. The Balaban J connectivity index is 1.70. The molecule has 0 aliphatic carbocycles. The third-order valence-electron chi connectivity index (χ3n) is 3.36. The Hall–Kier alpha value is -2.80. The summed E-state index contributed by atoms with van der Waals surface area (Å²) in [5.41, 5.74) is 1.65. The van der Waals surface area contributed by atoms with Gasteiger partial charge in [-0.05, 0) is 29.3 Å². The summed E-state index contributed by atoms with van der Waals surface area (Å²) in [6.45, 7) is 0. The molecule has 2 aromatic carbocycles. The largest absolute Gasteiger partial charge is 0.504 e. The molecule has 0 aromatic heterocycles. The van der Waals surface area contributed by atoms with Gasteiger partial charge < -0.3 is 15.2 Å². The summed E-state index contributed by atoms with van der Waals surface area (Å²) in [4.78, 5) is 12.0. The van der Waals surface area contributed by atoms with Crippen molar-refractivity contribution in [1.29, 1.82) is 0 Å². The summed E-state index contributed by atoms with van der Waals surface area (Å²) in [6, 6.07) is 14.4. The average molecular weight is 341 g/mol. The van der Waals surface area contributed by atoms with Crippen molar-refractivity contribution in [3.8, 4) is 11.5 Å². The summed E-state index contributed by atoms with van der Waals surface area (Å²) in [5.74, 6) is 0.316. The maximum absolute atomic E-state index is 12.0. The van der Waals surface area contributed by atoms with Gasteiger partial charge in [0, 0.05) is 0 Å². The minimum absolute atomic E-state index is 0.0604. The van der Waals surface area contributed by atoms with Gasteiger partial charge in [0.25, 0.3) is 0 Å². The van der Waals surface area contributed by atoms with E-state index in [4.69, 9.17) is 4.74 Å². The number of rotatable bonds is 4. The number of carbonyl (C=O) groups is 1. The highest BCUT2D eigenvalue weighted by Crippen LogP contribution is 2.34. The maximum Gasteiger partial charge on any atom is 0.244 e. The molecule has 1 amide bonds. The van der Waals surface area contributed by atoms with E-state index >= 15 is 0 Å². The molecule has 1 aliphatic rings. The first-order valence-electron chi connectivity index (χ1n) is 7.18. The molecule has 1 atom stereocenters. The zero-order chi connectivity index (χ0) is 16.9. The second kappa shape index (κ2) is 7.18. The number of amidine groups is 1. The Bertz CT molecular complexity index is 806. The molecule has 7 heteroatoms. The van der Waals surface area contributed by atoms with E-state index in [0.29, 0.717) is 10.9 Å². The van der Waals surface area contributed by atoms with Gasteiger partial charge in [0.1, 0.15) is 5.25 Å². The molecule has 2 aromatic rings. The minimum atomic E-state index is -0.311. The van der Waals surface area contributed by atoms with E-state index < -0.39 is 0 Å². The van der Waals surface area contributed by atoms with Gasteiger partial charge in [-0.2, -0.15) is 5.10 Å². The highest BCUT2D eigenvalue weighted by molar-refractivity contribution is 8.15. The van der Waals surface area contributed by atoms with Crippen LogP contribution in [0.15, 0.2) is 58.7 Å². The van der Waals surface area contributed by atoms with Crippen LogP contribution in [-0.4, -0.2) is 29.5 Å². The topological polar surface area (TPSA) is 83.3 Å². The van der Waals surface area contributed by atoms with E-state index in [9.17, 15) is 9.90 Å². The van der Waals surface area contributed by atoms with Crippen LogP contribution in [0.25, 0.3) is 0 Å². The highest BCUT2D eigenvalue weighted by Gasteiger charge is 2.31. The monoisotopic (exact) mass is 341 g/mol. The predicted molar refractivity (Wildman–Crippen MR) is 94.6 cm³/mol. The maximum atomic E-state index is 12.0. The van der Waals surface area contributed by atoms with Crippen LogP contribution in [0.5, 0.6) is 11.5 Å². The van der Waals surface area contributed by atoms with Gasteiger partial charge >= 0.3 is 0 Å². The molecule has 3 rings (SSSR count). The zero-order valence-electron chi connectivity index (χ0n) is 12.8. The van der Waals surface area contributed by atoms with Crippen molar-refractivity contribution in [2.24, 2.45) is 10.2 Å². The molecule has 0 bridgehead atoms. The number of nitrogens with zero attached hydrogens (tertiary/aromatic N) is 2. The van der Waals surface area contributed by atoms with E-state index in [1.807, 2.05) is 30.3 Å². The number of phenolic OH excluding ortho intramolecular Hbond substituents is 1. The van der Waals surface area contributed by atoms with E-state index in [1.54, 1.807) is 12.1 Å². The second-order valence-corrected chi connectivity index (χ2v) is 6.07. The van der Waals surface area contributed by atoms with Crippen molar-refractivity contribution in [1.82, 2.24) is 5.32 Å². The molecule has 1 saturated heterocycles. The Morgan fingerprint density at radius 3 is 2.79 bits per heavy atom. The number of benzene rings is 2. The third kappa shape index (κ3) is 3.57. The minimum Gasteiger partial charge on any atom is -0.504 e. The number of thioether (sulfide) groups is 1. The fraction of sp³-hybridized carbons (Fsp3) is 0.118. The summed E-state index contributed by atoms with van der Waals surface area (Å²) in [7, 11) is 1.48. The van der Waals surface area contributed by atoms with Crippen LogP contribution < -0.4 is 10.1 Å². The van der Waals surface area contributed by atoms with Gasteiger partial charge in [-0.3, -0.25) is 4.79 Å². The van der Waals surface area contributed by atoms with Gasteiger partial charge in [-0.1, -0.05) is 42.1 Å². The van der Waals surface area contributed by atoms with Crippen molar-refractivity contribution < 1.29 is 14.6 Å². The normalized spacial score (nSPS) is 19.0. The molecule has 2 N–H and O–H groups in total. The van der Waals surface area contributed by atoms with Crippen molar-refractivity contribution in [3.05, 3.63) is 59.7 Å². The fourth-order valence-corrected chi connectivity index (χ4v) is 3.12. The molecule has 122 valence electrons. The van der Waals surface area contributed by atoms with Crippen LogP contribution >= 0.6 is 11.8 Å². The first-order valence-corrected chi connectivity index (χ1v) is 8.06. The Labute approximate surface area is 143 Å². The third-order valence-corrected chi connectivity index (χ3v) is 4.49. The predicted octanol–water partition coefficient (Wildman–Crippen LogP) is 2.70. The summed E-state index contributed by atoms with van der Waals surface area (Å²) < 4.78 is 5.03. The van der Waals surface area contributed by atoms with Crippen LogP contribution in [0.2, 0.25) is 0 Å². The molecule has 0 saturated carbocycles. The molecule has 6 nitrogen and oxygen atoms in total. The SMILES string of the molecule is COc1cc(/C=N\N=C2\NC(=O)[C@H](c3ccccc3)S2)ccc1O. The average Bonchev–Trinajstić information content (AvgIpc) is 2.98. The lowest BCUT2D eigenvalue weighted by Crippen LogP contribution is -2.21. The number of hydrogen-bond acceptors (Lipinski definition) is 6. The van der Waals surface area contributed by atoms with Crippen LogP contribution in [0.3, 0.4) is 0 Å². The molecule has 1 aliphatic heterocycles. The quantitative estimate of drug-likeness (QED) is 0.661. The fourth-order valence-electron chi connectivity index (χ4n) is 2.18. The van der Waals surface area contributed by atoms with Crippen molar-refractivity contribution in [2.75, 3.05) is 7.11 Å². The first-order chi connectivity index (χ1) is 11.7. The van der Waals surface area contributed by atoms with Crippen LogP contribution in [0.4, 0.5) is 0 Å². The van der Waals surface area contributed by atoms with Crippen LogP contribution in [0, 0.1) is 0 Å². The van der Waals surface area contributed by atoms with Gasteiger partial charge in [-0.15, -0.1) is 5.10 Å². The lowest BCUT2D eigenvalue weighted by atomic mass is 10.1. The lowest BCUT2D eigenvalue weighted by molar-refractivity contribution is -0.118. The first kappa shape index (κ1) is 16.1. The van der Waals surface area contributed by atoms with Crippen molar-refractivity contribution in [3.63, 3.8) is 0 Å². The molecule has 0 unspecified atom stereocenters. The van der Waals surface area contributed by atoms with E-state index in [-0.39, 0.29) is 16.9 Å². The molecule has 0 radical (unpaired) electrons. The standard InChI is InChI=1S/C17H15N3O3S/c1-23-14-9-11(7-8-13(14)21)10-18-20-17-19-16(22)15(24-17)12-5-3-2-4-6-12/h2-10,15,21H,1H3,(H,19,20,22)/b18-10-/t15-/m0/s1. The molecular formula is C17H15N3O3S. The summed E-state index contributed by atoms with van der Waals surface area (Å²) >= 11 is 1.33. The molecule has 1 fully saturated rings. The number of hydrogen-bond donors (Lipinski definition) is 2. The van der Waals surface area contributed by atoms with Gasteiger partial charge in [-0.25, -0.2) is 0 Å². The van der Waals surface area contributed by atoms with Gasteiger partial charge in [0.2, 0.25) is 5.91 Å². The summed E-state index contributed by atoms with van der Waals surface area (Å²) in [5, 5.41) is 20.4. The van der Waals surface area contributed by atoms with Gasteiger partial charge in [0.05, 0.1) is 13.3 Å².